The Morgan fingerprint density at radius 3 is 2.81 bits per heavy atom. The largest absolute Gasteiger partial charge is 0.379 e. The Kier molecular flexibility index (Phi) is 4.59. The molecule has 21 heavy (non-hydrogen) atoms. The van der Waals surface area contributed by atoms with Crippen molar-refractivity contribution < 1.29 is 13.2 Å². The Morgan fingerprint density at radius 1 is 1.24 bits per heavy atom. The van der Waals surface area contributed by atoms with Crippen LogP contribution in [0.1, 0.15) is 29.9 Å². The van der Waals surface area contributed by atoms with Crippen molar-refractivity contribution in [2.24, 2.45) is 0 Å². The second-order valence-electron chi connectivity index (χ2n) is 5.65. The molecule has 3 rings (SSSR count). The van der Waals surface area contributed by atoms with E-state index in [1.54, 1.807) is 0 Å². The van der Waals surface area contributed by atoms with Crippen LogP contribution in [0.15, 0.2) is 24.3 Å². The van der Waals surface area contributed by atoms with Crippen LogP contribution in [-0.2, 0) is 21.4 Å². The van der Waals surface area contributed by atoms with Crippen LogP contribution in [0, 0.1) is 0 Å². The van der Waals surface area contributed by atoms with E-state index in [9.17, 15) is 8.42 Å². The van der Waals surface area contributed by atoms with E-state index in [1.807, 2.05) is 6.07 Å². The van der Waals surface area contributed by atoms with Crippen molar-refractivity contribution >= 4 is 10.2 Å². The van der Waals surface area contributed by atoms with Gasteiger partial charge in [0.2, 0.25) is 0 Å². The van der Waals surface area contributed by atoms with Crippen LogP contribution < -0.4 is 4.72 Å². The molecular weight excluding hydrogens is 288 g/mol. The van der Waals surface area contributed by atoms with Crippen molar-refractivity contribution in [2.75, 3.05) is 32.8 Å². The van der Waals surface area contributed by atoms with E-state index in [-0.39, 0.29) is 5.92 Å². The van der Waals surface area contributed by atoms with E-state index in [2.05, 4.69) is 22.9 Å². The zero-order chi connectivity index (χ0) is 14.7. The fourth-order valence-corrected chi connectivity index (χ4v) is 4.37. The summed E-state index contributed by atoms with van der Waals surface area (Å²) < 4.78 is 34.1. The zero-order valence-corrected chi connectivity index (χ0v) is 12.9. The number of hydrogen-bond acceptors (Lipinski definition) is 3. The molecule has 0 bridgehead atoms. The van der Waals surface area contributed by atoms with E-state index in [0.717, 1.165) is 19.3 Å². The molecule has 2 aliphatic rings. The molecule has 116 valence electrons. The predicted molar refractivity (Wildman–Crippen MR) is 81.4 cm³/mol. The minimum absolute atomic E-state index is 0.283. The molecule has 1 heterocycles. The van der Waals surface area contributed by atoms with Gasteiger partial charge in [-0.3, -0.25) is 0 Å². The fraction of sp³-hybridized carbons (Fsp3) is 0.600. The standard InChI is InChI=1S/C15H22N2O3S/c18-21(19,17-8-10-20-11-9-17)16-12-14-6-3-5-13-4-1-2-7-15(13)14/h1-2,4,7,14,16H,3,5-6,8-12H2/t14-/m1/s1. The molecule has 6 heteroatoms. The van der Waals surface area contributed by atoms with E-state index in [1.165, 1.54) is 15.4 Å². The van der Waals surface area contributed by atoms with Crippen molar-refractivity contribution in [3.63, 3.8) is 0 Å². The minimum Gasteiger partial charge on any atom is -0.379 e. The lowest BCUT2D eigenvalue weighted by atomic mass is 9.83. The molecule has 1 N–H and O–H groups in total. The van der Waals surface area contributed by atoms with Gasteiger partial charge in [-0.15, -0.1) is 0 Å². The second kappa shape index (κ2) is 6.44. The van der Waals surface area contributed by atoms with E-state index < -0.39 is 10.2 Å². The lowest BCUT2D eigenvalue weighted by molar-refractivity contribution is 0.0724. The molecule has 0 amide bonds. The van der Waals surface area contributed by atoms with Gasteiger partial charge in [0.05, 0.1) is 13.2 Å². The maximum Gasteiger partial charge on any atom is 0.279 e. The molecule has 5 nitrogen and oxygen atoms in total. The molecule has 1 aromatic carbocycles. The summed E-state index contributed by atoms with van der Waals surface area (Å²) in [6.07, 6.45) is 3.27. The Bertz CT molecular complexity index is 582. The number of nitrogens with zero attached hydrogens (tertiary/aromatic N) is 1. The topological polar surface area (TPSA) is 58.6 Å². The van der Waals surface area contributed by atoms with Gasteiger partial charge >= 0.3 is 0 Å². The number of aryl methyl sites for hydroxylation is 1. The van der Waals surface area contributed by atoms with Gasteiger partial charge in [0.25, 0.3) is 10.2 Å². The van der Waals surface area contributed by atoms with Crippen LogP contribution in [0.2, 0.25) is 0 Å². The molecule has 1 saturated heterocycles. The molecule has 0 aromatic heterocycles. The maximum atomic E-state index is 12.3. The van der Waals surface area contributed by atoms with Crippen LogP contribution >= 0.6 is 0 Å². The van der Waals surface area contributed by atoms with Gasteiger partial charge in [-0.2, -0.15) is 12.7 Å². The number of benzene rings is 1. The van der Waals surface area contributed by atoms with Crippen molar-refractivity contribution in [2.45, 2.75) is 25.2 Å². The molecule has 0 unspecified atom stereocenters. The quantitative estimate of drug-likeness (QED) is 0.911. The molecular formula is C15H22N2O3S. The number of fused-ring (bicyclic) bond motifs is 1. The number of rotatable bonds is 4. The van der Waals surface area contributed by atoms with Gasteiger partial charge in [0.15, 0.2) is 0 Å². The van der Waals surface area contributed by atoms with E-state index in [0.29, 0.717) is 32.8 Å². The van der Waals surface area contributed by atoms with Crippen molar-refractivity contribution in [3.05, 3.63) is 35.4 Å². The smallest absolute Gasteiger partial charge is 0.279 e. The Hall–Kier alpha value is -0.950. The third kappa shape index (κ3) is 3.45. The summed E-state index contributed by atoms with van der Waals surface area (Å²) >= 11 is 0. The first-order chi connectivity index (χ1) is 10.2. The maximum absolute atomic E-state index is 12.3. The molecule has 1 aromatic rings. The van der Waals surface area contributed by atoms with Gasteiger partial charge in [-0.25, -0.2) is 4.72 Å². The third-order valence-corrected chi connectivity index (χ3v) is 5.89. The number of morpholine rings is 1. The summed E-state index contributed by atoms with van der Waals surface area (Å²) in [5, 5.41) is 0. The summed E-state index contributed by atoms with van der Waals surface area (Å²) in [6, 6.07) is 8.37. The average molecular weight is 310 g/mol. The predicted octanol–water partition coefficient (Wildman–Crippen LogP) is 1.27. The number of ether oxygens (including phenoxy) is 1. The van der Waals surface area contributed by atoms with Crippen molar-refractivity contribution in [3.8, 4) is 0 Å². The highest BCUT2D eigenvalue weighted by Crippen LogP contribution is 2.30. The summed E-state index contributed by atoms with van der Waals surface area (Å²) in [7, 11) is -3.38. The molecule has 1 atom stereocenters. The van der Waals surface area contributed by atoms with Gasteiger partial charge < -0.3 is 4.74 Å². The molecule has 1 aliphatic carbocycles. The highest BCUT2D eigenvalue weighted by atomic mass is 32.2. The van der Waals surface area contributed by atoms with Crippen molar-refractivity contribution in [1.29, 1.82) is 0 Å². The second-order valence-corrected chi connectivity index (χ2v) is 7.41. The van der Waals surface area contributed by atoms with Gasteiger partial charge in [0, 0.05) is 19.6 Å². The first-order valence-electron chi connectivity index (χ1n) is 7.57. The monoisotopic (exact) mass is 310 g/mol. The van der Waals surface area contributed by atoms with Crippen LogP contribution in [0.3, 0.4) is 0 Å². The highest BCUT2D eigenvalue weighted by molar-refractivity contribution is 7.87. The normalized spacial score (nSPS) is 23.7. The number of hydrogen-bond donors (Lipinski definition) is 1. The molecule has 1 aliphatic heterocycles. The lowest BCUT2D eigenvalue weighted by Gasteiger charge is -2.29. The van der Waals surface area contributed by atoms with Crippen LogP contribution in [0.5, 0.6) is 0 Å². The third-order valence-electron chi connectivity index (χ3n) is 4.32. The van der Waals surface area contributed by atoms with Gasteiger partial charge in [-0.05, 0) is 36.3 Å². The first-order valence-corrected chi connectivity index (χ1v) is 9.01. The van der Waals surface area contributed by atoms with Crippen molar-refractivity contribution in [1.82, 2.24) is 9.03 Å². The van der Waals surface area contributed by atoms with E-state index >= 15 is 0 Å². The minimum atomic E-state index is -3.38. The number of nitrogens with one attached hydrogen (secondary N) is 1. The molecule has 1 fully saturated rings. The Morgan fingerprint density at radius 2 is 2.00 bits per heavy atom. The summed E-state index contributed by atoms with van der Waals surface area (Å²) in [5.74, 6) is 0.283. The Labute approximate surface area is 126 Å². The average Bonchev–Trinajstić information content (AvgIpc) is 2.54. The zero-order valence-electron chi connectivity index (χ0n) is 12.1. The summed E-state index contributed by atoms with van der Waals surface area (Å²) in [4.78, 5) is 0. The highest BCUT2D eigenvalue weighted by Gasteiger charge is 2.26. The van der Waals surface area contributed by atoms with E-state index in [4.69, 9.17) is 4.74 Å². The first kappa shape index (κ1) is 15.0. The molecule has 0 saturated carbocycles. The fourth-order valence-electron chi connectivity index (χ4n) is 3.15. The lowest BCUT2D eigenvalue weighted by Crippen LogP contribution is -2.47. The van der Waals surface area contributed by atoms with Crippen LogP contribution in [0.25, 0.3) is 0 Å². The van der Waals surface area contributed by atoms with Crippen LogP contribution in [-0.4, -0.2) is 45.6 Å². The SMILES string of the molecule is O=S(=O)(NC[C@H]1CCCc2ccccc21)N1CCOCC1. The summed E-state index contributed by atoms with van der Waals surface area (Å²) in [6.45, 7) is 2.32. The van der Waals surface area contributed by atoms with Gasteiger partial charge in [-0.1, -0.05) is 24.3 Å². The molecule has 0 radical (unpaired) electrons. The summed E-state index contributed by atoms with van der Waals surface area (Å²) in [5.41, 5.74) is 2.66. The van der Waals surface area contributed by atoms with Gasteiger partial charge in [0.1, 0.15) is 0 Å². The molecule has 0 spiro atoms. The Balaban J connectivity index is 1.65. The van der Waals surface area contributed by atoms with Crippen LogP contribution in [0.4, 0.5) is 0 Å².